The van der Waals surface area contributed by atoms with E-state index in [4.69, 9.17) is 0 Å². The molecular weight excluding hydrogens is 513 g/mol. The molecule has 2 aromatic rings. The molecule has 1 saturated heterocycles. The molecule has 32 heavy (non-hydrogen) atoms. The number of anilines is 1. The van der Waals surface area contributed by atoms with Gasteiger partial charge in [0.1, 0.15) is 0 Å². The third-order valence-electron chi connectivity index (χ3n) is 6.56. The van der Waals surface area contributed by atoms with Crippen LogP contribution in [-0.2, 0) is 16.8 Å². The third-order valence-corrected chi connectivity index (χ3v) is 6.56. The second kappa shape index (κ2) is 11.5. The molecule has 1 heterocycles. The van der Waals surface area contributed by atoms with Crippen molar-refractivity contribution in [2.45, 2.75) is 37.6 Å². The molecule has 6 nitrogen and oxygen atoms in total. The standard InChI is InChI=1S/C25H33N5O.HI/c1-26-24(29-19-25(13-5-6-14-25)21-7-3-2-4-8-21)28-17-20-9-11-22(12-10-20)30-16-15-27-23(31)18-30;/h2-4,7-12H,5-6,13-19H2,1H3,(H,27,31)(H2,26,28,29);1H. The minimum Gasteiger partial charge on any atom is -0.360 e. The molecule has 0 atom stereocenters. The Morgan fingerprint density at radius 2 is 1.78 bits per heavy atom. The zero-order valence-electron chi connectivity index (χ0n) is 18.8. The summed E-state index contributed by atoms with van der Waals surface area (Å²) < 4.78 is 0. The van der Waals surface area contributed by atoms with Gasteiger partial charge in [0.05, 0.1) is 6.54 Å². The Bertz CT molecular complexity index is 894. The lowest BCUT2D eigenvalue weighted by Gasteiger charge is -2.31. The Balaban J connectivity index is 0.00000289. The first-order chi connectivity index (χ1) is 15.2. The lowest BCUT2D eigenvalue weighted by atomic mass is 9.79. The fourth-order valence-electron chi connectivity index (χ4n) is 4.75. The molecule has 0 aromatic heterocycles. The van der Waals surface area contributed by atoms with E-state index in [1.165, 1.54) is 36.8 Å². The molecule has 0 bridgehead atoms. The monoisotopic (exact) mass is 547 g/mol. The number of nitrogens with one attached hydrogen (secondary N) is 3. The molecular formula is C25H34IN5O. The highest BCUT2D eigenvalue weighted by molar-refractivity contribution is 14.0. The average molecular weight is 547 g/mol. The summed E-state index contributed by atoms with van der Waals surface area (Å²) in [5, 5.41) is 9.89. The van der Waals surface area contributed by atoms with Crippen LogP contribution in [0.5, 0.6) is 0 Å². The molecule has 1 aliphatic heterocycles. The molecule has 172 valence electrons. The van der Waals surface area contributed by atoms with E-state index >= 15 is 0 Å². The summed E-state index contributed by atoms with van der Waals surface area (Å²) in [7, 11) is 1.82. The first kappa shape index (κ1) is 24.4. The first-order valence-electron chi connectivity index (χ1n) is 11.3. The largest absolute Gasteiger partial charge is 0.360 e. The fraction of sp³-hybridized carbons (Fsp3) is 0.440. The number of hydrogen-bond acceptors (Lipinski definition) is 3. The lowest BCUT2D eigenvalue weighted by molar-refractivity contribution is -0.120. The minimum absolute atomic E-state index is 0. The van der Waals surface area contributed by atoms with Gasteiger partial charge in [-0.3, -0.25) is 9.79 Å². The number of rotatable bonds is 6. The van der Waals surface area contributed by atoms with Crippen molar-refractivity contribution in [1.82, 2.24) is 16.0 Å². The van der Waals surface area contributed by atoms with Gasteiger partial charge < -0.3 is 20.9 Å². The quantitative estimate of drug-likeness (QED) is 0.295. The van der Waals surface area contributed by atoms with E-state index in [0.29, 0.717) is 19.6 Å². The van der Waals surface area contributed by atoms with E-state index in [1.807, 2.05) is 7.05 Å². The second-order valence-corrected chi connectivity index (χ2v) is 8.57. The zero-order chi connectivity index (χ0) is 21.5. The van der Waals surface area contributed by atoms with Crippen LogP contribution in [0.4, 0.5) is 5.69 Å². The number of nitrogens with zero attached hydrogens (tertiary/aromatic N) is 2. The third kappa shape index (κ3) is 5.94. The predicted molar refractivity (Wildman–Crippen MR) is 142 cm³/mol. The fourth-order valence-corrected chi connectivity index (χ4v) is 4.75. The molecule has 4 rings (SSSR count). The number of carbonyl (C=O) groups is 1. The van der Waals surface area contributed by atoms with Crippen LogP contribution >= 0.6 is 24.0 Å². The van der Waals surface area contributed by atoms with Crippen LogP contribution in [0.1, 0.15) is 36.8 Å². The summed E-state index contributed by atoms with van der Waals surface area (Å²) in [6, 6.07) is 19.3. The summed E-state index contributed by atoms with van der Waals surface area (Å²) in [6.07, 6.45) is 5.01. The summed E-state index contributed by atoms with van der Waals surface area (Å²) in [5.41, 5.74) is 3.90. The number of carbonyl (C=O) groups excluding carboxylic acids is 1. The van der Waals surface area contributed by atoms with Crippen LogP contribution in [-0.4, -0.2) is 45.1 Å². The number of benzene rings is 2. The van der Waals surface area contributed by atoms with E-state index in [0.717, 1.165) is 24.7 Å². The maximum absolute atomic E-state index is 11.6. The van der Waals surface area contributed by atoms with Gasteiger partial charge in [-0.25, -0.2) is 0 Å². The maximum Gasteiger partial charge on any atom is 0.239 e. The molecule has 7 heteroatoms. The number of aliphatic imine (C=N–C) groups is 1. The smallest absolute Gasteiger partial charge is 0.239 e. The topological polar surface area (TPSA) is 68.8 Å². The SMILES string of the molecule is CN=C(NCc1ccc(N2CCNC(=O)C2)cc1)NCC1(c2ccccc2)CCCC1.I. The Hall–Kier alpha value is -2.29. The van der Waals surface area contributed by atoms with Crippen molar-refractivity contribution in [2.24, 2.45) is 4.99 Å². The van der Waals surface area contributed by atoms with Crippen LogP contribution in [0, 0.1) is 0 Å². The van der Waals surface area contributed by atoms with Crippen LogP contribution in [0.15, 0.2) is 59.6 Å². The second-order valence-electron chi connectivity index (χ2n) is 8.57. The van der Waals surface area contributed by atoms with Gasteiger partial charge in [0.2, 0.25) is 5.91 Å². The van der Waals surface area contributed by atoms with Crippen molar-refractivity contribution in [3.05, 3.63) is 65.7 Å². The number of amides is 1. The van der Waals surface area contributed by atoms with Crippen LogP contribution in [0.25, 0.3) is 0 Å². The lowest BCUT2D eigenvalue weighted by Crippen LogP contribution is -2.47. The predicted octanol–water partition coefficient (Wildman–Crippen LogP) is 3.42. The highest BCUT2D eigenvalue weighted by Crippen LogP contribution is 2.40. The maximum atomic E-state index is 11.6. The molecule has 2 aliphatic rings. The first-order valence-corrected chi connectivity index (χ1v) is 11.3. The van der Waals surface area contributed by atoms with Crippen molar-refractivity contribution >= 4 is 41.5 Å². The van der Waals surface area contributed by atoms with Crippen molar-refractivity contribution in [3.63, 3.8) is 0 Å². The summed E-state index contributed by atoms with van der Waals surface area (Å²) in [4.78, 5) is 18.2. The Morgan fingerprint density at radius 3 is 2.44 bits per heavy atom. The van der Waals surface area contributed by atoms with Gasteiger partial charge in [0.15, 0.2) is 5.96 Å². The van der Waals surface area contributed by atoms with E-state index in [2.05, 4.69) is 80.4 Å². The normalized spacial score (nSPS) is 18.0. The Labute approximate surface area is 208 Å². The van der Waals surface area contributed by atoms with Crippen LogP contribution in [0.2, 0.25) is 0 Å². The molecule has 2 aromatic carbocycles. The molecule has 0 spiro atoms. The average Bonchev–Trinajstić information content (AvgIpc) is 3.30. The van der Waals surface area contributed by atoms with E-state index in [-0.39, 0.29) is 35.3 Å². The molecule has 0 radical (unpaired) electrons. The Kier molecular flexibility index (Phi) is 8.78. The molecule has 3 N–H and O–H groups in total. The van der Waals surface area contributed by atoms with Gasteiger partial charge in [-0.2, -0.15) is 0 Å². The Morgan fingerprint density at radius 1 is 1.06 bits per heavy atom. The molecule has 1 saturated carbocycles. The van der Waals surface area contributed by atoms with Crippen molar-refractivity contribution in [3.8, 4) is 0 Å². The van der Waals surface area contributed by atoms with Crippen molar-refractivity contribution in [2.75, 3.05) is 38.1 Å². The summed E-state index contributed by atoms with van der Waals surface area (Å²) >= 11 is 0. The van der Waals surface area contributed by atoms with Gasteiger partial charge in [-0.15, -0.1) is 24.0 Å². The number of piperazine rings is 1. The molecule has 0 unspecified atom stereocenters. The molecule has 1 amide bonds. The van der Waals surface area contributed by atoms with Crippen LogP contribution in [0.3, 0.4) is 0 Å². The van der Waals surface area contributed by atoms with Gasteiger partial charge in [0, 0.05) is 44.3 Å². The summed E-state index contributed by atoms with van der Waals surface area (Å²) in [6.45, 7) is 3.58. The minimum atomic E-state index is 0. The molecule has 1 aliphatic carbocycles. The highest BCUT2D eigenvalue weighted by atomic mass is 127. The summed E-state index contributed by atoms with van der Waals surface area (Å²) in [5.74, 6) is 0.918. The van der Waals surface area contributed by atoms with E-state index < -0.39 is 0 Å². The van der Waals surface area contributed by atoms with E-state index in [9.17, 15) is 4.79 Å². The van der Waals surface area contributed by atoms with Crippen LogP contribution < -0.4 is 20.9 Å². The number of guanidine groups is 1. The van der Waals surface area contributed by atoms with E-state index in [1.54, 1.807) is 0 Å². The van der Waals surface area contributed by atoms with Crippen molar-refractivity contribution in [1.29, 1.82) is 0 Å². The number of hydrogen-bond donors (Lipinski definition) is 3. The zero-order valence-corrected chi connectivity index (χ0v) is 21.1. The van der Waals surface area contributed by atoms with Crippen molar-refractivity contribution < 1.29 is 4.79 Å². The number of halogens is 1. The van der Waals surface area contributed by atoms with Gasteiger partial charge in [0.25, 0.3) is 0 Å². The van der Waals surface area contributed by atoms with Gasteiger partial charge >= 0.3 is 0 Å². The van der Waals surface area contributed by atoms with Gasteiger partial charge in [-0.1, -0.05) is 55.3 Å². The van der Waals surface area contributed by atoms with Gasteiger partial charge in [-0.05, 0) is 36.1 Å². The highest BCUT2D eigenvalue weighted by Gasteiger charge is 2.35. The molecule has 2 fully saturated rings.